The van der Waals surface area contributed by atoms with Crippen LogP contribution in [0.25, 0.3) is 11.1 Å². The molecule has 18 heavy (non-hydrogen) atoms. The highest BCUT2D eigenvalue weighted by Gasteiger charge is 2.03. The highest BCUT2D eigenvalue weighted by atomic mass is 31.0. The fraction of sp³-hybridized carbons (Fsp3) is 0.200. The van der Waals surface area contributed by atoms with E-state index >= 15 is 0 Å². The maximum absolute atomic E-state index is 2.82. The molecule has 0 saturated heterocycles. The largest absolute Gasteiger partial charge is 0.133 e. The van der Waals surface area contributed by atoms with Gasteiger partial charge in [0.1, 0.15) is 0 Å². The van der Waals surface area contributed by atoms with E-state index in [2.05, 4.69) is 70.2 Å². The fourth-order valence-electron chi connectivity index (χ4n) is 2.07. The minimum absolute atomic E-state index is 1.01. The van der Waals surface area contributed by atoms with Gasteiger partial charge in [0, 0.05) is 0 Å². The molecule has 0 aliphatic heterocycles. The van der Waals surface area contributed by atoms with Crippen LogP contribution in [-0.2, 0) is 18.5 Å². The van der Waals surface area contributed by atoms with Gasteiger partial charge in [-0.15, -0.1) is 27.7 Å². The van der Waals surface area contributed by atoms with E-state index in [-0.39, 0.29) is 0 Å². The fourth-order valence-corrected chi connectivity index (χ4v) is 3.10. The lowest BCUT2D eigenvalue weighted by Crippen LogP contribution is -1.89. The Balaban J connectivity index is 2.43. The molecule has 0 aliphatic rings. The highest BCUT2D eigenvalue weighted by molar-refractivity contribution is 7.16. The van der Waals surface area contributed by atoms with E-state index in [1.54, 1.807) is 0 Å². The summed E-state index contributed by atoms with van der Waals surface area (Å²) < 4.78 is 0. The van der Waals surface area contributed by atoms with Crippen LogP contribution in [0, 0.1) is 0 Å². The molecule has 0 bridgehead atoms. The van der Waals surface area contributed by atoms with Gasteiger partial charge in [-0.3, -0.25) is 0 Å². The quantitative estimate of drug-likeness (QED) is 0.729. The average molecular weight is 292 g/mol. The first-order valence-electron chi connectivity index (χ1n) is 6.09. The number of hydrogen-bond acceptors (Lipinski definition) is 0. The van der Waals surface area contributed by atoms with Crippen molar-refractivity contribution in [2.75, 3.05) is 0 Å². The summed E-state index contributed by atoms with van der Waals surface area (Å²) in [6.45, 7) is 0. The molecule has 0 amide bonds. The van der Waals surface area contributed by atoms with Gasteiger partial charge in [-0.25, -0.2) is 0 Å². The van der Waals surface area contributed by atoms with E-state index in [1.807, 2.05) is 0 Å². The second-order valence-corrected chi connectivity index (χ2v) is 5.52. The Kier molecular flexibility index (Phi) is 5.32. The molecule has 2 aromatic rings. The highest BCUT2D eigenvalue weighted by Crippen LogP contribution is 2.26. The van der Waals surface area contributed by atoms with Gasteiger partial charge in [-0.2, -0.15) is 0 Å². The van der Waals surface area contributed by atoms with Crippen molar-refractivity contribution >= 4 is 27.7 Å². The molecular weight excluding hydrogens is 273 g/mol. The third kappa shape index (κ3) is 3.19. The molecule has 0 N–H and O–H groups in total. The van der Waals surface area contributed by atoms with Crippen molar-refractivity contribution in [2.24, 2.45) is 0 Å². The van der Waals surface area contributed by atoms with Gasteiger partial charge < -0.3 is 0 Å². The van der Waals surface area contributed by atoms with Crippen LogP contribution >= 0.6 is 27.7 Å². The first kappa shape index (κ1) is 14.1. The van der Waals surface area contributed by atoms with Gasteiger partial charge in [0.05, 0.1) is 0 Å². The second kappa shape index (κ2) is 6.77. The van der Waals surface area contributed by atoms with Crippen LogP contribution in [-0.4, -0.2) is 0 Å². The van der Waals surface area contributed by atoms with Crippen molar-refractivity contribution in [3.63, 3.8) is 0 Å². The maximum Gasteiger partial charge on any atom is -0.0125 e. The molecule has 0 saturated carbocycles. The molecule has 0 spiro atoms. The summed E-state index contributed by atoms with van der Waals surface area (Å²) in [5, 5.41) is 0. The normalized spacial score (nSPS) is 10.6. The maximum atomic E-state index is 2.82. The van der Waals surface area contributed by atoms with Gasteiger partial charge in [0.2, 0.25) is 0 Å². The minimum Gasteiger partial charge on any atom is -0.133 e. The lowest BCUT2D eigenvalue weighted by Gasteiger charge is -2.10. The average Bonchev–Trinajstić information content (AvgIpc) is 2.46. The molecule has 2 rings (SSSR count). The van der Waals surface area contributed by atoms with Gasteiger partial charge >= 0.3 is 0 Å². The monoisotopic (exact) mass is 292 g/mol. The van der Waals surface area contributed by atoms with E-state index in [9.17, 15) is 0 Å². The van der Waals surface area contributed by atoms with Crippen LogP contribution < -0.4 is 0 Å². The van der Waals surface area contributed by atoms with E-state index < -0.39 is 0 Å². The van der Waals surface area contributed by atoms with Crippen LogP contribution in [0.1, 0.15) is 16.7 Å². The van der Waals surface area contributed by atoms with Crippen LogP contribution in [0.5, 0.6) is 0 Å². The van der Waals surface area contributed by atoms with Gasteiger partial charge in [0.15, 0.2) is 0 Å². The van der Waals surface area contributed by atoms with Crippen LogP contribution in [0.15, 0.2) is 42.5 Å². The summed E-state index contributed by atoms with van der Waals surface area (Å²) in [5.41, 5.74) is 6.82. The van der Waals surface area contributed by atoms with Crippen LogP contribution in [0.2, 0.25) is 0 Å². The van der Waals surface area contributed by atoms with Crippen molar-refractivity contribution in [2.45, 2.75) is 18.5 Å². The summed E-state index contributed by atoms with van der Waals surface area (Å²) >= 11 is 0. The van der Waals surface area contributed by atoms with E-state index in [0.29, 0.717) is 0 Å². The molecule has 3 atom stereocenters. The molecule has 2 aromatic carbocycles. The summed E-state index contributed by atoms with van der Waals surface area (Å²) in [4.78, 5) is 0. The topological polar surface area (TPSA) is 0 Å². The Morgan fingerprint density at radius 1 is 0.667 bits per heavy atom. The third-order valence-corrected chi connectivity index (χ3v) is 4.49. The summed E-state index contributed by atoms with van der Waals surface area (Å²) in [6, 6.07) is 15.6. The van der Waals surface area contributed by atoms with E-state index in [0.717, 1.165) is 18.5 Å². The standard InChI is InChI=1S/C15H19P3/c16-8-11-2-1-3-12(6-11)13-4-5-14(9-17)15(7-13)10-18/h1-7H,8-10,16-18H2. The lowest BCUT2D eigenvalue weighted by molar-refractivity contribution is 1.28. The molecule has 0 fully saturated rings. The summed E-state index contributed by atoms with van der Waals surface area (Å²) in [5.74, 6) is 0. The zero-order chi connectivity index (χ0) is 13.0. The first-order valence-corrected chi connectivity index (χ1v) is 8.54. The van der Waals surface area contributed by atoms with Gasteiger partial charge in [-0.05, 0) is 46.3 Å². The zero-order valence-electron chi connectivity index (χ0n) is 10.4. The van der Waals surface area contributed by atoms with E-state index in [4.69, 9.17) is 0 Å². The smallest absolute Gasteiger partial charge is 0.0125 e. The lowest BCUT2D eigenvalue weighted by atomic mass is 9.99. The predicted octanol–water partition coefficient (Wildman–Crippen LogP) is 4.48. The first-order chi connectivity index (χ1) is 8.78. The van der Waals surface area contributed by atoms with Crippen molar-refractivity contribution in [1.29, 1.82) is 0 Å². The number of hydrogen-bond donors (Lipinski definition) is 0. The SMILES string of the molecule is PCc1cccc(-c2ccc(CP)c(CP)c2)c1. The molecule has 0 radical (unpaired) electrons. The van der Waals surface area contributed by atoms with Crippen molar-refractivity contribution in [3.8, 4) is 11.1 Å². The van der Waals surface area contributed by atoms with Crippen molar-refractivity contribution < 1.29 is 0 Å². The predicted molar refractivity (Wildman–Crippen MR) is 92.1 cm³/mol. The Bertz CT molecular complexity index is 535. The molecule has 0 aromatic heterocycles. The van der Waals surface area contributed by atoms with Crippen LogP contribution in [0.3, 0.4) is 0 Å². The minimum atomic E-state index is 1.01. The number of rotatable bonds is 4. The molecular formula is C15H19P3. The number of benzene rings is 2. The Morgan fingerprint density at radius 2 is 1.39 bits per heavy atom. The zero-order valence-corrected chi connectivity index (χ0v) is 13.9. The van der Waals surface area contributed by atoms with Crippen molar-refractivity contribution in [1.82, 2.24) is 0 Å². The van der Waals surface area contributed by atoms with Gasteiger partial charge in [0.25, 0.3) is 0 Å². The summed E-state index contributed by atoms with van der Waals surface area (Å²) in [7, 11) is 8.41. The Hall–Kier alpha value is -0.270. The summed E-state index contributed by atoms with van der Waals surface area (Å²) in [6.07, 6.45) is 3.05. The molecule has 3 heteroatoms. The molecule has 0 heterocycles. The van der Waals surface area contributed by atoms with Gasteiger partial charge in [-0.1, -0.05) is 42.5 Å². The Morgan fingerprint density at radius 3 is 2.06 bits per heavy atom. The molecule has 3 unspecified atom stereocenters. The van der Waals surface area contributed by atoms with E-state index in [1.165, 1.54) is 27.8 Å². The Labute approximate surface area is 117 Å². The molecule has 0 nitrogen and oxygen atoms in total. The second-order valence-electron chi connectivity index (χ2n) is 4.30. The third-order valence-electron chi connectivity index (χ3n) is 3.14. The molecule has 0 aliphatic carbocycles. The van der Waals surface area contributed by atoms with Crippen molar-refractivity contribution in [3.05, 3.63) is 59.2 Å². The molecule has 94 valence electrons. The van der Waals surface area contributed by atoms with Crippen LogP contribution in [0.4, 0.5) is 0 Å².